The van der Waals surface area contributed by atoms with E-state index < -0.39 is 23.1 Å². The number of rotatable bonds is 5. The second kappa shape index (κ2) is 7.67. The number of carbonyl (C=O) groups excluding carboxylic acids is 3. The third-order valence-electron chi connectivity index (χ3n) is 5.11. The van der Waals surface area contributed by atoms with Gasteiger partial charge in [-0.1, -0.05) is 38.1 Å². The minimum absolute atomic E-state index is 0.0675. The SMILES string of the molecule is C=CC(C)(C)c1c(/C=C2\NC(=O)CN(C(C)=O)C2=O)c2ccccc2n1COC. The van der Waals surface area contributed by atoms with Crippen LogP contribution in [0.5, 0.6) is 0 Å². The van der Waals surface area contributed by atoms with Crippen LogP contribution in [0.1, 0.15) is 32.0 Å². The molecule has 7 heteroatoms. The molecular formula is C22H25N3O4. The van der Waals surface area contributed by atoms with E-state index in [9.17, 15) is 14.4 Å². The van der Waals surface area contributed by atoms with E-state index in [1.807, 2.05) is 48.8 Å². The van der Waals surface area contributed by atoms with Crippen molar-refractivity contribution in [1.29, 1.82) is 0 Å². The number of hydrogen-bond donors (Lipinski definition) is 1. The first-order chi connectivity index (χ1) is 13.7. The number of allylic oxidation sites excluding steroid dienone is 1. The molecule has 0 spiro atoms. The van der Waals surface area contributed by atoms with Crippen LogP contribution in [-0.4, -0.2) is 40.8 Å². The Labute approximate surface area is 169 Å². The number of para-hydroxylation sites is 1. The Hall–Kier alpha value is -3.19. The number of aromatic nitrogens is 1. The number of hydrogen-bond acceptors (Lipinski definition) is 4. The number of piperazine rings is 1. The lowest BCUT2D eigenvalue weighted by Gasteiger charge is -2.27. The number of amides is 3. The minimum Gasteiger partial charge on any atom is -0.364 e. The van der Waals surface area contributed by atoms with Gasteiger partial charge in [0, 0.05) is 36.1 Å². The van der Waals surface area contributed by atoms with Crippen molar-refractivity contribution in [1.82, 2.24) is 14.8 Å². The molecule has 152 valence electrons. The number of ether oxygens (including phenoxy) is 1. The highest BCUT2D eigenvalue weighted by atomic mass is 16.5. The van der Waals surface area contributed by atoms with Gasteiger partial charge in [0.05, 0.1) is 5.52 Å². The number of benzene rings is 1. The first kappa shape index (κ1) is 20.5. The molecule has 1 aromatic heterocycles. The molecule has 0 bridgehead atoms. The predicted octanol–water partition coefficient (Wildman–Crippen LogP) is 2.55. The van der Waals surface area contributed by atoms with Crippen LogP contribution in [0, 0.1) is 0 Å². The van der Waals surface area contributed by atoms with Crippen LogP contribution in [0.2, 0.25) is 0 Å². The Morgan fingerprint density at radius 3 is 2.62 bits per heavy atom. The number of nitrogens with one attached hydrogen (secondary N) is 1. The van der Waals surface area contributed by atoms with Crippen molar-refractivity contribution in [2.45, 2.75) is 32.9 Å². The summed E-state index contributed by atoms with van der Waals surface area (Å²) in [5.74, 6) is -1.40. The lowest BCUT2D eigenvalue weighted by molar-refractivity contribution is -0.147. The van der Waals surface area contributed by atoms with E-state index in [2.05, 4.69) is 11.9 Å². The van der Waals surface area contributed by atoms with Gasteiger partial charge in [-0.2, -0.15) is 0 Å². The monoisotopic (exact) mass is 395 g/mol. The Morgan fingerprint density at radius 1 is 1.31 bits per heavy atom. The Balaban J connectivity index is 2.31. The van der Waals surface area contributed by atoms with Crippen molar-refractivity contribution < 1.29 is 19.1 Å². The predicted molar refractivity (Wildman–Crippen MR) is 111 cm³/mol. The zero-order chi connectivity index (χ0) is 21.3. The summed E-state index contributed by atoms with van der Waals surface area (Å²) in [5.41, 5.74) is 2.22. The zero-order valence-corrected chi connectivity index (χ0v) is 17.1. The van der Waals surface area contributed by atoms with Crippen LogP contribution in [0.4, 0.5) is 0 Å². The highest BCUT2D eigenvalue weighted by Crippen LogP contribution is 2.37. The molecule has 0 saturated carbocycles. The van der Waals surface area contributed by atoms with Crippen LogP contribution < -0.4 is 5.32 Å². The van der Waals surface area contributed by atoms with Gasteiger partial charge in [0.25, 0.3) is 5.91 Å². The molecule has 3 amide bonds. The number of nitrogens with zero attached hydrogens (tertiary/aromatic N) is 2. The summed E-state index contributed by atoms with van der Waals surface area (Å²) < 4.78 is 7.45. The molecule has 0 atom stereocenters. The molecule has 2 aromatic rings. The summed E-state index contributed by atoms with van der Waals surface area (Å²) >= 11 is 0. The molecule has 2 heterocycles. The molecule has 1 aliphatic heterocycles. The van der Waals surface area contributed by atoms with Gasteiger partial charge in [0.1, 0.15) is 19.0 Å². The van der Waals surface area contributed by atoms with E-state index >= 15 is 0 Å². The molecule has 1 aliphatic rings. The third-order valence-corrected chi connectivity index (χ3v) is 5.11. The Morgan fingerprint density at radius 2 is 2.00 bits per heavy atom. The number of fused-ring (bicyclic) bond motifs is 1. The summed E-state index contributed by atoms with van der Waals surface area (Å²) in [6.45, 7) is 9.31. The maximum absolute atomic E-state index is 12.8. The lowest BCUT2D eigenvalue weighted by atomic mass is 9.86. The zero-order valence-electron chi connectivity index (χ0n) is 17.1. The average Bonchev–Trinajstić information content (AvgIpc) is 2.99. The molecule has 0 radical (unpaired) electrons. The van der Waals surface area contributed by atoms with E-state index in [0.29, 0.717) is 6.73 Å². The maximum Gasteiger partial charge on any atom is 0.277 e. The van der Waals surface area contributed by atoms with E-state index in [-0.39, 0.29) is 12.2 Å². The molecule has 3 rings (SSSR count). The van der Waals surface area contributed by atoms with Gasteiger partial charge in [0.15, 0.2) is 0 Å². The van der Waals surface area contributed by atoms with Gasteiger partial charge in [-0.3, -0.25) is 19.3 Å². The highest BCUT2D eigenvalue weighted by molar-refractivity contribution is 6.13. The first-order valence-electron chi connectivity index (χ1n) is 9.29. The van der Waals surface area contributed by atoms with Gasteiger partial charge in [-0.25, -0.2) is 0 Å². The molecule has 0 unspecified atom stereocenters. The summed E-state index contributed by atoms with van der Waals surface area (Å²) in [6, 6.07) is 7.77. The fourth-order valence-electron chi connectivity index (χ4n) is 3.63. The van der Waals surface area contributed by atoms with Crippen LogP contribution in [-0.2, 0) is 31.3 Å². The summed E-state index contributed by atoms with van der Waals surface area (Å²) in [6.07, 6.45) is 3.48. The fraction of sp³-hybridized carbons (Fsp3) is 0.318. The summed E-state index contributed by atoms with van der Waals surface area (Å²) in [4.78, 5) is 37.6. The second-order valence-electron chi connectivity index (χ2n) is 7.57. The molecule has 1 aromatic carbocycles. The van der Waals surface area contributed by atoms with Crippen molar-refractivity contribution in [3.05, 3.63) is 53.9 Å². The Kier molecular flexibility index (Phi) is 5.44. The largest absolute Gasteiger partial charge is 0.364 e. The third kappa shape index (κ3) is 3.61. The number of imide groups is 1. The molecule has 7 nitrogen and oxygen atoms in total. The van der Waals surface area contributed by atoms with Gasteiger partial charge < -0.3 is 14.6 Å². The fourth-order valence-corrected chi connectivity index (χ4v) is 3.63. The van der Waals surface area contributed by atoms with Crippen molar-refractivity contribution >= 4 is 34.7 Å². The van der Waals surface area contributed by atoms with Gasteiger partial charge in [-0.05, 0) is 12.1 Å². The van der Waals surface area contributed by atoms with E-state index in [0.717, 1.165) is 27.1 Å². The summed E-state index contributed by atoms with van der Waals surface area (Å²) in [7, 11) is 1.62. The lowest BCUT2D eigenvalue weighted by Crippen LogP contribution is -2.51. The normalized spacial score (nSPS) is 16.4. The standard InChI is InChI=1S/C22H25N3O4/c1-6-22(3,4)20-16(15-9-7-8-10-18(15)25(20)13-29-5)11-17-21(28)24(14(2)26)12-19(27)23-17/h6-11H,1,12-13H2,2-5H3,(H,23,27)/b17-11-. The molecule has 29 heavy (non-hydrogen) atoms. The van der Waals surface area contributed by atoms with E-state index in [1.165, 1.54) is 6.92 Å². The first-order valence-corrected chi connectivity index (χ1v) is 9.29. The number of methoxy groups -OCH3 is 1. The highest BCUT2D eigenvalue weighted by Gasteiger charge is 2.33. The number of carbonyl (C=O) groups is 3. The Bertz CT molecular complexity index is 1050. The van der Waals surface area contributed by atoms with Crippen molar-refractivity contribution in [2.75, 3.05) is 13.7 Å². The second-order valence-corrected chi connectivity index (χ2v) is 7.57. The van der Waals surface area contributed by atoms with E-state index in [1.54, 1.807) is 13.2 Å². The van der Waals surface area contributed by atoms with Crippen LogP contribution in [0.25, 0.3) is 17.0 Å². The molecule has 1 fully saturated rings. The minimum atomic E-state index is -0.525. The molecule has 1 saturated heterocycles. The van der Waals surface area contributed by atoms with Crippen LogP contribution in [0.3, 0.4) is 0 Å². The quantitative estimate of drug-likeness (QED) is 0.623. The van der Waals surface area contributed by atoms with Gasteiger partial charge >= 0.3 is 0 Å². The van der Waals surface area contributed by atoms with Gasteiger partial charge in [-0.15, -0.1) is 6.58 Å². The van der Waals surface area contributed by atoms with Crippen molar-refractivity contribution in [3.8, 4) is 0 Å². The average molecular weight is 395 g/mol. The van der Waals surface area contributed by atoms with Crippen LogP contribution >= 0.6 is 0 Å². The topological polar surface area (TPSA) is 80.6 Å². The van der Waals surface area contributed by atoms with E-state index in [4.69, 9.17) is 4.74 Å². The molecule has 1 N–H and O–H groups in total. The maximum atomic E-state index is 12.8. The van der Waals surface area contributed by atoms with Crippen molar-refractivity contribution in [3.63, 3.8) is 0 Å². The van der Waals surface area contributed by atoms with Gasteiger partial charge in [0.2, 0.25) is 11.8 Å². The smallest absolute Gasteiger partial charge is 0.277 e. The molecular weight excluding hydrogens is 370 g/mol. The van der Waals surface area contributed by atoms with Crippen LogP contribution in [0.15, 0.2) is 42.6 Å². The summed E-state index contributed by atoms with van der Waals surface area (Å²) in [5, 5.41) is 3.52. The van der Waals surface area contributed by atoms with Crippen molar-refractivity contribution in [2.24, 2.45) is 0 Å². The molecule has 0 aliphatic carbocycles.